The van der Waals surface area contributed by atoms with E-state index in [0.29, 0.717) is 6.54 Å². The molecule has 0 aliphatic rings. The predicted molar refractivity (Wildman–Crippen MR) is 47.8 cm³/mol. The summed E-state index contributed by atoms with van der Waals surface area (Å²) in [4.78, 5) is 0. The third-order valence-electron chi connectivity index (χ3n) is 1.66. The molecule has 3 N–H and O–H groups in total. The number of nitrogens with zero attached hydrogens (tertiary/aromatic N) is 3. The molecule has 0 bridgehead atoms. The van der Waals surface area contributed by atoms with Gasteiger partial charge >= 0.3 is 0 Å². The highest BCUT2D eigenvalue weighted by atomic mass is 15.3. The topological polar surface area (TPSA) is 68.8 Å². The summed E-state index contributed by atoms with van der Waals surface area (Å²) in [6, 6.07) is 0. The second kappa shape index (κ2) is 4.06. The van der Waals surface area contributed by atoms with Crippen molar-refractivity contribution in [3.63, 3.8) is 0 Å². The fraction of sp³-hybridized carbons (Fsp3) is 0.714. The zero-order chi connectivity index (χ0) is 8.97. The molecule has 0 fully saturated rings. The minimum Gasteiger partial charge on any atom is -0.355 e. The van der Waals surface area contributed by atoms with Gasteiger partial charge in [-0.1, -0.05) is 0 Å². The first-order valence-corrected chi connectivity index (χ1v) is 4.19. The summed E-state index contributed by atoms with van der Waals surface area (Å²) in [5, 5.41) is 11.0. The van der Waals surface area contributed by atoms with Gasteiger partial charge in [0.15, 0.2) is 0 Å². The molecule has 1 rings (SSSR count). The van der Waals surface area contributed by atoms with E-state index in [-0.39, 0.29) is 0 Å². The van der Waals surface area contributed by atoms with Crippen molar-refractivity contribution in [2.45, 2.75) is 26.9 Å². The fourth-order valence-corrected chi connectivity index (χ4v) is 1.11. The highest BCUT2D eigenvalue weighted by molar-refractivity contribution is 5.25. The summed E-state index contributed by atoms with van der Waals surface area (Å²) in [6.45, 7) is 6.21. The van der Waals surface area contributed by atoms with E-state index in [1.165, 1.54) is 0 Å². The number of rotatable bonds is 4. The van der Waals surface area contributed by atoms with Crippen LogP contribution < -0.4 is 11.1 Å². The van der Waals surface area contributed by atoms with Gasteiger partial charge in [0.1, 0.15) is 5.82 Å². The lowest BCUT2D eigenvalue weighted by Crippen LogP contribution is -2.10. The molecule has 1 aromatic heterocycles. The Morgan fingerprint density at radius 2 is 2.17 bits per heavy atom. The molecule has 0 spiro atoms. The molecule has 0 aliphatic heterocycles. The van der Waals surface area contributed by atoms with Gasteiger partial charge in [-0.05, 0) is 13.8 Å². The van der Waals surface area contributed by atoms with Gasteiger partial charge in [-0.15, -0.1) is 10.2 Å². The van der Waals surface area contributed by atoms with Crippen LogP contribution in [-0.4, -0.2) is 21.3 Å². The Bertz CT molecular complexity index is 242. The third-order valence-corrected chi connectivity index (χ3v) is 1.66. The molecule has 1 heterocycles. The minimum absolute atomic E-state index is 0.437. The largest absolute Gasteiger partial charge is 0.355 e. The van der Waals surface area contributed by atoms with Gasteiger partial charge in [-0.3, -0.25) is 4.57 Å². The summed E-state index contributed by atoms with van der Waals surface area (Å²) in [5.74, 6) is 1.63. The van der Waals surface area contributed by atoms with Crippen LogP contribution in [0, 0.1) is 0 Å². The SMILES string of the molecule is CCNc1nnc(CN)n1CC. The van der Waals surface area contributed by atoms with Crippen LogP contribution in [0.1, 0.15) is 19.7 Å². The van der Waals surface area contributed by atoms with Crippen LogP contribution in [0.5, 0.6) is 0 Å². The molecular weight excluding hydrogens is 154 g/mol. The molecule has 0 aromatic carbocycles. The Labute approximate surface area is 72.0 Å². The van der Waals surface area contributed by atoms with E-state index in [0.717, 1.165) is 24.9 Å². The van der Waals surface area contributed by atoms with Gasteiger partial charge in [-0.25, -0.2) is 0 Å². The summed E-state index contributed by atoms with van der Waals surface area (Å²) in [7, 11) is 0. The van der Waals surface area contributed by atoms with Crippen LogP contribution in [0.25, 0.3) is 0 Å². The van der Waals surface area contributed by atoms with Crippen molar-refractivity contribution >= 4 is 5.95 Å². The van der Waals surface area contributed by atoms with Crippen LogP contribution in [0.4, 0.5) is 5.95 Å². The summed E-state index contributed by atoms with van der Waals surface area (Å²) < 4.78 is 1.98. The van der Waals surface area contributed by atoms with Gasteiger partial charge in [0.05, 0.1) is 6.54 Å². The Morgan fingerprint density at radius 1 is 1.42 bits per heavy atom. The molecule has 68 valence electrons. The molecule has 0 aliphatic carbocycles. The minimum atomic E-state index is 0.437. The maximum absolute atomic E-state index is 5.48. The smallest absolute Gasteiger partial charge is 0.224 e. The number of hydrogen-bond donors (Lipinski definition) is 2. The number of hydrogen-bond acceptors (Lipinski definition) is 4. The maximum Gasteiger partial charge on any atom is 0.224 e. The standard InChI is InChI=1S/C7H15N5/c1-3-9-7-11-10-6(5-8)12(7)4-2/h3-5,8H2,1-2H3,(H,9,11). The molecule has 5 nitrogen and oxygen atoms in total. The first kappa shape index (κ1) is 8.99. The molecule has 0 atom stereocenters. The van der Waals surface area contributed by atoms with E-state index >= 15 is 0 Å². The van der Waals surface area contributed by atoms with Gasteiger partial charge in [0, 0.05) is 13.1 Å². The molecular formula is C7H15N5. The lowest BCUT2D eigenvalue weighted by molar-refractivity contribution is 0.702. The normalized spacial score (nSPS) is 10.2. The summed E-state index contributed by atoms with van der Waals surface area (Å²) in [5.41, 5.74) is 5.48. The van der Waals surface area contributed by atoms with E-state index in [2.05, 4.69) is 15.5 Å². The van der Waals surface area contributed by atoms with Crippen molar-refractivity contribution in [1.29, 1.82) is 0 Å². The first-order chi connectivity index (χ1) is 5.83. The predicted octanol–water partition coefficient (Wildman–Crippen LogP) is 0.188. The van der Waals surface area contributed by atoms with E-state index in [1.807, 2.05) is 18.4 Å². The van der Waals surface area contributed by atoms with Crippen LogP contribution in [0.3, 0.4) is 0 Å². The van der Waals surface area contributed by atoms with Crippen LogP contribution in [0.2, 0.25) is 0 Å². The van der Waals surface area contributed by atoms with E-state index < -0.39 is 0 Å². The molecule has 0 radical (unpaired) electrons. The second-order valence-corrected chi connectivity index (χ2v) is 2.42. The quantitative estimate of drug-likeness (QED) is 0.675. The van der Waals surface area contributed by atoms with Crippen molar-refractivity contribution in [2.75, 3.05) is 11.9 Å². The summed E-state index contributed by atoms with van der Waals surface area (Å²) >= 11 is 0. The second-order valence-electron chi connectivity index (χ2n) is 2.42. The average molecular weight is 169 g/mol. The maximum atomic E-state index is 5.48. The zero-order valence-corrected chi connectivity index (χ0v) is 7.54. The molecule has 0 saturated heterocycles. The molecule has 5 heteroatoms. The van der Waals surface area contributed by atoms with Crippen molar-refractivity contribution in [3.05, 3.63) is 5.82 Å². The van der Waals surface area contributed by atoms with Gasteiger partial charge < -0.3 is 11.1 Å². The number of aromatic nitrogens is 3. The summed E-state index contributed by atoms with van der Waals surface area (Å²) in [6.07, 6.45) is 0. The van der Waals surface area contributed by atoms with E-state index in [4.69, 9.17) is 5.73 Å². The third kappa shape index (κ3) is 1.55. The van der Waals surface area contributed by atoms with Gasteiger partial charge in [0.25, 0.3) is 0 Å². The number of anilines is 1. The van der Waals surface area contributed by atoms with Crippen LogP contribution in [0.15, 0.2) is 0 Å². The highest BCUT2D eigenvalue weighted by Crippen LogP contribution is 2.05. The highest BCUT2D eigenvalue weighted by Gasteiger charge is 2.06. The number of nitrogens with two attached hydrogens (primary N) is 1. The Morgan fingerprint density at radius 3 is 2.67 bits per heavy atom. The molecule has 0 amide bonds. The lowest BCUT2D eigenvalue weighted by Gasteiger charge is -2.05. The van der Waals surface area contributed by atoms with Crippen LogP contribution in [-0.2, 0) is 13.1 Å². The lowest BCUT2D eigenvalue weighted by atomic mass is 10.5. The van der Waals surface area contributed by atoms with Crippen molar-refractivity contribution in [2.24, 2.45) is 5.73 Å². The zero-order valence-electron chi connectivity index (χ0n) is 7.54. The van der Waals surface area contributed by atoms with Gasteiger partial charge in [-0.2, -0.15) is 0 Å². The Hall–Kier alpha value is -1.10. The average Bonchev–Trinajstić information content (AvgIpc) is 2.47. The molecule has 12 heavy (non-hydrogen) atoms. The van der Waals surface area contributed by atoms with E-state index in [1.54, 1.807) is 0 Å². The number of nitrogens with one attached hydrogen (secondary N) is 1. The molecule has 0 saturated carbocycles. The van der Waals surface area contributed by atoms with Gasteiger partial charge in [0.2, 0.25) is 5.95 Å². The van der Waals surface area contributed by atoms with Crippen molar-refractivity contribution in [1.82, 2.24) is 14.8 Å². The molecule has 1 aromatic rings. The van der Waals surface area contributed by atoms with Crippen molar-refractivity contribution < 1.29 is 0 Å². The Balaban J connectivity index is 2.88. The fourth-order valence-electron chi connectivity index (χ4n) is 1.11. The Kier molecular flexibility index (Phi) is 3.04. The van der Waals surface area contributed by atoms with Crippen LogP contribution >= 0.6 is 0 Å². The van der Waals surface area contributed by atoms with Crippen molar-refractivity contribution in [3.8, 4) is 0 Å². The monoisotopic (exact) mass is 169 g/mol. The van der Waals surface area contributed by atoms with E-state index in [9.17, 15) is 0 Å². The molecule has 0 unspecified atom stereocenters. The first-order valence-electron chi connectivity index (χ1n) is 4.19.